The van der Waals surface area contributed by atoms with E-state index >= 15 is 0 Å². The van der Waals surface area contributed by atoms with Gasteiger partial charge in [-0.05, 0) is 6.07 Å². The molecule has 6 nitrogen and oxygen atoms in total. The molecule has 0 saturated carbocycles. The van der Waals surface area contributed by atoms with Crippen molar-refractivity contribution in [2.75, 3.05) is 11.2 Å². The lowest BCUT2D eigenvalue weighted by atomic mass is 10.6. The molecule has 0 radical (unpaired) electrons. The van der Waals surface area contributed by atoms with Crippen LogP contribution < -0.4 is 5.32 Å². The average molecular weight is 238 g/mol. The van der Waals surface area contributed by atoms with Gasteiger partial charge in [0.15, 0.2) is 5.82 Å². The third kappa shape index (κ3) is 2.34. The fourth-order valence-corrected chi connectivity index (χ4v) is 1.15. The van der Waals surface area contributed by atoms with Crippen LogP contribution in [0, 0.1) is 0 Å². The zero-order valence-electron chi connectivity index (χ0n) is 8.17. The number of rotatable bonds is 3. The Labute approximate surface area is 96.3 Å². The largest absolute Gasteiger partial charge is 0.308 e. The minimum absolute atomic E-state index is 0.102. The number of alkyl halides is 1. The summed E-state index contributed by atoms with van der Waals surface area (Å²) >= 11 is 5.35. The second kappa shape index (κ2) is 4.71. The number of carbonyl (C=O) groups excluding carboxylic acids is 1. The number of hydrogen-bond acceptors (Lipinski definition) is 4. The lowest BCUT2D eigenvalue weighted by Crippen LogP contribution is -2.13. The molecule has 2 rings (SSSR count). The van der Waals surface area contributed by atoms with Gasteiger partial charge in [-0.2, -0.15) is 0 Å². The number of anilines is 1. The van der Waals surface area contributed by atoms with Crippen LogP contribution in [0.4, 0.5) is 5.82 Å². The molecule has 16 heavy (non-hydrogen) atoms. The Balaban J connectivity index is 2.17. The van der Waals surface area contributed by atoms with E-state index in [1.165, 1.54) is 4.68 Å². The molecule has 0 aliphatic heterocycles. The van der Waals surface area contributed by atoms with Gasteiger partial charge in [-0.3, -0.25) is 4.79 Å². The Hall–Kier alpha value is -1.95. The van der Waals surface area contributed by atoms with E-state index in [9.17, 15) is 4.79 Å². The highest BCUT2D eigenvalue weighted by Crippen LogP contribution is 2.05. The number of amides is 1. The summed E-state index contributed by atoms with van der Waals surface area (Å²) in [6.07, 6.45) is 4.88. The molecule has 82 valence electrons. The topological polar surface area (TPSA) is 72.7 Å². The third-order valence-corrected chi connectivity index (χ3v) is 1.98. The van der Waals surface area contributed by atoms with Crippen molar-refractivity contribution in [3.05, 3.63) is 30.7 Å². The first-order chi connectivity index (χ1) is 7.79. The number of carbonyl (C=O) groups is 1. The molecule has 0 saturated heterocycles. The van der Waals surface area contributed by atoms with E-state index in [0.29, 0.717) is 11.8 Å². The van der Waals surface area contributed by atoms with E-state index in [-0.39, 0.29) is 11.8 Å². The van der Waals surface area contributed by atoms with Crippen molar-refractivity contribution < 1.29 is 4.79 Å². The average Bonchev–Trinajstić information content (AvgIpc) is 2.78. The molecule has 2 aromatic heterocycles. The second-order valence-corrected chi connectivity index (χ2v) is 3.14. The van der Waals surface area contributed by atoms with Crippen LogP contribution in [-0.2, 0) is 4.79 Å². The highest BCUT2D eigenvalue weighted by atomic mass is 35.5. The predicted molar refractivity (Wildman–Crippen MR) is 58.5 cm³/mol. The Morgan fingerprint density at radius 2 is 2.19 bits per heavy atom. The number of nitrogens with zero attached hydrogens (tertiary/aromatic N) is 4. The van der Waals surface area contributed by atoms with Crippen LogP contribution in [0.15, 0.2) is 30.7 Å². The monoisotopic (exact) mass is 237 g/mol. The van der Waals surface area contributed by atoms with Gasteiger partial charge in [0.25, 0.3) is 0 Å². The predicted octanol–water partition coefficient (Wildman–Crippen LogP) is 0.840. The van der Waals surface area contributed by atoms with Crippen LogP contribution in [0.1, 0.15) is 0 Å². The summed E-state index contributed by atoms with van der Waals surface area (Å²) in [5.74, 6) is 0.446. The number of halogens is 1. The fourth-order valence-electron chi connectivity index (χ4n) is 1.09. The molecule has 0 aromatic carbocycles. The van der Waals surface area contributed by atoms with Gasteiger partial charge in [0, 0.05) is 24.7 Å². The van der Waals surface area contributed by atoms with Gasteiger partial charge < -0.3 is 5.32 Å². The molecular weight excluding hydrogens is 230 g/mol. The van der Waals surface area contributed by atoms with Crippen LogP contribution >= 0.6 is 11.6 Å². The Morgan fingerprint density at radius 1 is 1.44 bits per heavy atom. The van der Waals surface area contributed by atoms with Gasteiger partial charge in [-0.1, -0.05) is 0 Å². The minimum atomic E-state index is -0.305. The molecule has 0 unspecified atom stereocenters. The quantitative estimate of drug-likeness (QED) is 0.803. The van der Waals surface area contributed by atoms with Gasteiger partial charge in [0.05, 0.1) is 0 Å². The Bertz CT molecular complexity index is 484. The van der Waals surface area contributed by atoms with Crippen molar-refractivity contribution in [2.24, 2.45) is 0 Å². The van der Waals surface area contributed by atoms with E-state index in [1.54, 1.807) is 30.7 Å². The van der Waals surface area contributed by atoms with Crippen LogP contribution in [0.5, 0.6) is 0 Å². The van der Waals surface area contributed by atoms with E-state index in [1.807, 2.05) is 0 Å². The zero-order valence-corrected chi connectivity index (χ0v) is 8.92. The first-order valence-corrected chi connectivity index (χ1v) is 5.02. The zero-order chi connectivity index (χ0) is 11.4. The maximum atomic E-state index is 11.0. The van der Waals surface area contributed by atoms with Crippen molar-refractivity contribution >= 4 is 23.3 Å². The summed E-state index contributed by atoms with van der Waals surface area (Å²) in [4.78, 5) is 19.0. The first kappa shape index (κ1) is 10.6. The molecule has 0 atom stereocenters. The van der Waals surface area contributed by atoms with Crippen LogP contribution in [0.2, 0.25) is 0 Å². The molecule has 2 heterocycles. The van der Waals surface area contributed by atoms with E-state index in [2.05, 4.69) is 20.4 Å². The molecule has 0 spiro atoms. The number of nitrogens with one attached hydrogen (secondary N) is 1. The van der Waals surface area contributed by atoms with Gasteiger partial charge in [0.1, 0.15) is 5.88 Å². The third-order valence-electron chi connectivity index (χ3n) is 1.73. The molecule has 7 heteroatoms. The van der Waals surface area contributed by atoms with E-state index in [4.69, 9.17) is 11.6 Å². The summed E-state index contributed by atoms with van der Waals surface area (Å²) in [6, 6.07) is 3.35. The van der Waals surface area contributed by atoms with Crippen molar-refractivity contribution in [1.29, 1.82) is 0 Å². The van der Waals surface area contributed by atoms with Gasteiger partial charge in [-0.15, -0.1) is 16.7 Å². The molecule has 0 aliphatic rings. The SMILES string of the molecule is O=C(CCl)Nc1ccn(-c2ncccn2)n1. The molecule has 0 bridgehead atoms. The second-order valence-electron chi connectivity index (χ2n) is 2.88. The van der Waals surface area contributed by atoms with Gasteiger partial charge in [-0.25, -0.2) is 14.6 Å². The minimum Gasteiger partial charge on any atom is -0.308 e. The smallest absolute Gasteiger partial charge is 0.250 e. The van der Waals surface area contributed by atoms with E-state index < -0.39 is 0 Å². The maximum Gasteiger partial charge on any atom is 0.250 e. The molecule has 0 aliphatic carbocycles. The summed E-state index contributed by atoms with van der Waals surface area (Å²) in [7, 11) is 0. The van der Waals surface area contributed by atoms with Crippen LogP contribution in [0.25, 0.3) is 5.95 Å². The molecule has 1 N–H and O–H groups in total. The molecular formula is C9H8ClN5O. The first-order valence-electron chi connectivity index (χ1n) is 4.48. The fraction of sp³-hybridized carbons (Fsp3) is 0.111. The summed E-state index contributed by atoms with van der Waals surface area (Å²) in [5, 5.41) is 6.59. The summed E-state index contributed by atoms with van der Waals surface area (Å²) in [6.45, 7) is 0. The Morgan fingerprint density at radius 3 is 2.88 bits per heavy atom. The molecule has 1 amide bonds. The number of aromatic nitrogens is 4. The van der Waals surface area contributed by atoms with E-state index in [0.717, 1.165) is 0 Å². The summed E-state index contributed by atoms with van der Waals surface area (Å²) in [5.41, 5.74) is 0. The van der Waals surface area contributed by atoms with Crippen molar-refractivity contribution in [1.82, 2.24) is 19.7 Å². The molecule has 2 aromatic rings. The Kier molecular flexibility index (Phi) is 3.11. The summed E-state index contributed by atoms with van der Waals surface area (Å²) < 4.78 is 1.46. The molecule has 0 fully saturated rings. The van der Waals surface area contributed by atoms with Gasteiger partial charge in [0.2, 0.25) is 11.9 Å². The lowest BCUT2D eigenvalue weighted by molar-refractivity contribution is -0.113. The van der Waals surface area contributed by atoms with Crippen molar-refractivity contribution in [2.45, 2.75) is 0 Å². The highest BCUT2D eigenvalue weighted by Gasteiger charge is 2.05. The van der Waals surface area contributed by atoms with Crippen molar-refractivity contribution in [3.63, 3.8) is 0 Å². The lowest BCUT2D eigenvalue weighted by Gasteiger charge is -1.98. The van der Waals surface area contributed by atoms with Gasteiger partial charge >= 0.3 is 0 Å². The highest BCUT2D eigenvalue weighted by molar-refractivity contribution is 6.28. The normalized spacial score (nSPS) is 10.1. The number of hydrogen-bond donors (Lipinski definition) is 1. The maximum absolute atomic E-state index is 11.0. The standard InChI is InChI=1S/C9H8ClN5O/c10-6-8(16)13-7-2-5-15(14-7)9-11-3-1-4-12-9/h1-5H,6H2,(H,13,14,16). The van der Waals surface area contributed by atoms with Crippen LogP contribution in [0.3, 0.4) is 0 Å². The van der Waals surface area contributed by atoms with Crippen molar-refractivity contribution in [3.8, 4) is 5.95 Å². The van der Waals surface area contributed by atoms with Crippen LogP contribution in [-0.4, -0.2) is 31.5 Å².